The van der Waals surface area contributed by atoms with Crippen molar-refractivity contribution in [2.45, 2.75) is 5.38 Å². The van der Waals surface area contributed by atoms with Gasteiger partial charge in [0.25, 0.3) is 0 Å². The number of aromatic nitrogens is 2. The van der Waals surface area contributed by atoms with Crippen molar-refractivity contribution in [3.8, 4) is 11.1 Å². The zero-order valence-electron chi connectivity index (χ0n) is 8.67. The molecule has 0 atom stereocenters. The van der Waals surface area contributed by atoms with Crippen LogP contribution in [0.3, 0.4) is 0 Å². The summed E-state index contributed by atoms with van der Waals surface area (Å²) in [5.74, 6) is -1.31. The molecule has 0 aliphatic carbocycles. The van der Waals surface area contributed by atoms with Crippen LogP contribution in [0.2, 0.25) is 0 Å². The van der Waals surface area contributed by atoms with Crippen molar-refractivity contribution in [1.82, 2.24) is 9.97 Å². The molecule has 0 saturated heterocycles. The molecule has 0 fully saturated rings. The Bertz CT molecular complexity index is 569. The average Bonchev–Trinajstić information content (AvgIpc) is 2.31. The maximum atomic E-state index is 13.5. The first-order valence-corrected chi connectivity index (χ1v) is 5.89. The van der Waals surface area contributed by atoms with Crippen molar-refractivity contribution in [3.63, 3.8) is 0 Å². The molecule has 1 aromatic carbocycles. The van der Waals surface area contributed by atoms with Crippen molar-refractivity contribution in [2.75, 3.05) is 0 Å². The van der Waals surface area contributed by atoms with Crippen LogP contribution in [-0.4, -0.2) is 9.97 Å². The predicted octanol–water partition coefficient (Wildman–Crippen LogP) is 4.33. The van der Waals surface area contributed by atoms with Crippen LogP contribution in [-0.2, 0) is 5.38 Å². The fraction of sp³-hybridized carbons (Fsp3) is 0.0909. The van der Waals surface area contributed by atoms with Gasteiger partial charge >= 0.3 is 5.38 Å². The quantitative estimate of drug-likeness (QED) is 0.762. The fourth-order valence-corrected chi connectivity index (χ4v) is 1.79. The lowest BCUT2D eigenvalue weighted by Gasteiger charge is -2.07. The van der Waals surface area contributed by atoms with E-state index in [0.29, 0.717) is 10.0 Å². The number of nitrogens with zero attached hydrogens (tertiary/aromatic N) is 2. The van der Waals surface area contributed by atoms with Crippen LogP contribution < -0.4 is 0 Å². The Morgan fingerprint density at radius 2 is 1.78 bits per heavy atom. The smallest absolute Gasteiger partial charge is 0.234 e. The molecule has 0 amide bonds. The molecule has 2 nitrogen and oxygen atoms in total. The summed E-state index contributed by atoms with van der Waals surface area (Å²) in [6.07, 6.45) is 2.20. The number of hydrogen-bond donors (Lipinski definition) is 0. The molecule has 0 aliphatic rings. The van der Waals surface area contributed by atoms with Crippen LogP contribution in [0, 0.1) is 5.82 Å². The first-order chi connectivity index (χ1) is 8.38. The van der Waals surface area contributed by atoms with Crippen LogP contribution in [0.4, 0.5) is 13.2 Å². The summed E-state index contributed by atoms with van der Waals surface area (Å²) in [4.78, 5) is 6.84. The summed E-state index contributed by atoms with van der Waals surface area (Å²) >= 11 is 7.96. The molecule has 2 rings (SSSR count). The predicted molar refractivity (Wildman–Crippen MR) is 64.9 cm³/mol. The van der Waals surface area contributed by atoms with E-state index in [4.69, 9.17) is 11.6 Å². The number of alkyl halides is 3. The van der Waals surface area contributed by atoms with Gasteiger partial charge in [-0.05, 0) is 29.8 Å². The summed E-state index contributed by atoms with van der Waals surface area (Å²) in [6, 6.07) is 4.29. The topological polar surface area (TPSA) is 25.8 Å². The van der Waals surface area contributed by atoms with E-state index in [1.807, 2.05) is 0 Å². The molecule has 0 N–H and O–H groups in total. The summed E-state index contributed by atoms with van der Waals surface area (Å²) < 4.78 is 39.6. The second kappa shape index (κ2) is 4.85. The van der Waals surface area contributed by atoms with Crippen LogP contribution in [0.1, 0.15) is 5.82 Å². The third-order valence-electron chi connectivity index (χ3n) is 2.14. The summed E-state index contributed by atoms with van der Waals surface area (Å²) in [7, 11) is 0. The third kappa shape index (κ3) is 2.81. The zero-order valence-corrected chi connectivity index (χ0v) is 11.0. The van der Waals surface area contributed by atoms with Gasteiger partial charge in [0.05, 0.1) is 0 Å². The average molecular weight is 338 g/mol. The molecule has 2 aromatic rings. The highest BCUT2D eigenvalue weighted by atomic mass is 79.9. The highest BCUT2D eigenvalue weighted by Gasteiger charge is 2.31. The van der Waals surface area contributed by atoms with Gasteiger partial charge in [-0.25, -0.2) is 14.4 Å². The Balaban J connectivity index is 2.43. The molecule has 0 aliphatic heterocycles. The van der Waals surface area contributed by atoms with Gasteiger partial charge in [-0.15, -0.1) is 0 Å². The van der Waals surface area contributed by atoms with E-state index in [0.717, 1.165) is 12.4 Å². The molecule has 0 radical (unpaired) electrons. The van der Waals surface area contributed by atoms with Gasteiger partial charge in [0, 0.05) is 28.0 Å². The van der Waals surface area contributed by atoms with Gasteiger partial charge in [-0.3, -0.25) is 0 Å². The first-order valence-electron chi connectivity index (χ1n) is 4.72. The molecule has 18 heavy (non-hydrogen) atoms. The molecule has 7 heteroatoms. The van der Waals surface area contributed by atoms with Crippen LogP contribution in [0.15, 0.2) is 35.1 Å². The highest BCUT2D eigenvalue weighted by molar-refractivity contribution is 9.10. The largest absolute Gasteiger partial charge is 0.381 e. The minimum atomic E-state index is -3.63. The van der Waals surface area contributed by atoms with Gasteiger partial charge < -0.3 is 0 Å². The summed E-state index contributed by atoms with van der Waals surface area (Å²) in [6.45, 7) is 0. The van der Waals surface area contributed by atoms with Crippen molar-refractivity contribution < 1.29 is 13.2 Å². The fourth-order valence-electron chi connectivity index (χ4n) is 1.33. The molecule has 94 valence electrons. The van der Waals surface area contributed by atoms with Crippen molar-refractivity contribution >= 4 is 27.5 Å². The highest BCUT2D eigenvalue weighted by Crippen LogP contribution is 2.30. The molecule has 1 heterocycles. The van der Waals surface area contributed by atoms with Crippen LogP contribution >= 0.6 is 27.5 Å². The number of halogens is 5. The Morgan fingerprint density at radius 3 is 2.33 bits per heavy atom. The number of hydrogen-bond acceptors (Lipinski definition) is 2. The van der Waals surface area contributed by atoms with Gasteiger partial charge in [0.15, 0.2) is 0 Å². The van der Waals surface area contributed by atoms with E-state index in [2.05, 4.69) is 25.9 Å². The molecule has 1 aromatic heterocycles. The molecule has 0 unspecified atom stereocenters. The lowest BCUT2D eigenvalue weighted by molar-refractivity contribution is 0.0844. The van der Waals surface area contributed by atoms with E-state index in [1.54, 1.807) is 0 Å². The van der Waals surface area contributed by atoms with Gasteiger partial charge in [0.1, 0.15) is 5.82 Å². The van der Waals surface area contributed by atoms with Gasteiger partial charge in [-0.2, -0.15) is 8.78 Å². The van der Waals surface area contributed by atoms with E-state index in [9.17, 15) is 13.2 Å². The van der Waals surface area contributed by atoms with Crippen LogP contribution in [0.25, 0.3) is 11.1 Å². The molecule has 0 saturated carbocycles. The third-order valence-corrected chi connectivity index (χ3v) is 2.81. The maximum absolute atomic E-state index is 13.5. The molecule has 0 spiro atoms. The molecular formula is C11H5BrClF3N2. The normalized spacial score (nSPS) is 11.6. The lowest BCUT2D eigenvalue weighted by atomic mass is 10.1. The SMILES string of the molecule is Fc1ccc(Br)cc1-c1cnc(C(F)(F)Cl)nc1. The van der Waals surface area contributed by atoms with Crippen molar-refractivity contribution in [1.29, 1.82) is 0 Å². The minimum absolute atomic E-state index is 0.216. The minimum Gasteiger partial charge on any atom is -0.234 e. The first kappa shape index (κ1) is 13.3. The van der Waals surface area contributed by atoms with Crippen molar-refractivity contribution in [2.24, 2.45) is 0 Å². The van der Waals surface area contributed by atoms with Gasteiger partial charge in [0.2, 0.25) is 5.82 Å². The number of rotatable bonds is 2. The molecular weight excluding hydrogens is 332 g/mol. The van der Waals surface area contributed by atoms with E-state index in [-0.39, 0.29) is 5.56 Å². The number of benzene rings is 1. The Kier molecular flexibility index (Phi) is 3.59. The second-order valence-electron chi connectivity index (χ2n) is 3.42. The van der Waals surface area contributed by atoms with E-state index in [1.165, 1.54) is 18.2 Å². The lowest BCUT2D eigenvalue weighted by Crippen LogP contribution is -2.09. The van der Waals surface area contributed by atoms with E-state index >= 15 is 0 Å². The van der Waals surface area contributed by atoms with Crippen molar-refractivity contribution in [3.05, 3.63) is 46.7 Å². The van der Waals surface area contributed by atoms with E-state index < -0.39 is 17.0 Å². The monoisotopic (exact) mass is 336 g/mol. The standard InChI is InChI=1S/C11H5BrClF3N2/c12-7-1-2-9(14)8(3-7)6-4-17-10(18-5-6)11(13,15)16/h1-5H. The second-order valence-corrected chi connectivity index (χ2v) is 4.81. The molecule has 0 bridgehead atoms. The Hall–Kier alpha value is -1.14. The summed E-state index contributed by atoms with van der Waals surface area (Å²) in [5, 5.41) is -3.63. The summed E-state index contributed by atoms with van der Waals surface area (Å²) in [5.41, 5.74) is 0.507. The van der Waals surface area contributed by atoms with Crippen LogP contribution in [0.5, 0.6) is 0 Å². The Labute approximate surface area is 114 Å². The zero-order chi connectivity index (χ0) is 13.3. The van der Waals surface area contributed by atoms with Gasteiger partial charge in [-0.1, -0.05) is 15.9 Å². The maximum Gasteiger partial charge on any atom is 0.381 e. The Morgan fingerprint density at radius 1 is 1.17 bits per heavy atom.